The Morgan fingerprint density at radius 1 is 1.08 bits per heavy atom. The summed E-state index contributed by atoms with van der Waals surface area (Å²) in [5.41, 5.74) is 0.557. The lowest BCUT2D eigenvalue weighted by atomic mass is 9.89. The molecule has 2 aromatic carbocycles. The van der Waals surface area contributed by atoms with Gasteiger partial charge in [-0.2, -0.15) is 0 Å². The largest absolute Gasteiger partial charge is 0.508 e. The maximum Gasteiger partial charge on any atom is 0.388 e. The predicted molar refractivity (Wildman–Crippen MR) is 93.3 cm³/mol. The molecule has 1 unspecified atom stereocenters. The summed E-state index contributed by atoms with van der Waals surface area (Å²) in [6, 6.07) is 9.84. The Bertz CT molecular complexity index is 803. The maximum atomic E-state index is 11.3. The summed E-state index contributed by atoms with van der Waals surface area (Å²) in [5, 5.41) is 40.1. The molecule has 0 radical (unpaired) electrons. The van der Waals surface area contributed by atoms with Crippen molar-refractivity contribution in [3.63, 3.8) is 0 Å². The molecule has 9 heteroatoms. The zero-order valence-electron chi connectivity index (χ0n) is 13.3. The van der Waals surface area contributed by atoms with Gasteiger partial charge in [0.15, 0.2) is 5.79 Å². The summed E-state index contributed by atoms with van der Waals surface area (Å²) in [4.78, 5) is 18.2. The monoisotopic (exact) mass is 386 g/mol. The third kappa shape index (κ3) is 5.47. The molecule has 25 heavy (non-hydrogen) atoms. The molecule has 2 aromatic rings. The zero-order chi connectivity index (χ0) is 18.8. The van der Waals surface area contributed by atoms with Gasteiger partial charge >= 0.3 is 6.80 Å². The van der Waals surface area contributed by atoms with Crippen molar-refractivity contribution >= 4 is 18.2 Å². The van der Waals surface area contributed by atoms with Crippen LogP contribution in [0, 0.1) is 0 Å². The summed E-state index contributed by atoms with van der Waals surface area (Å²) in [6.07, 6.45) is -0.185. The zero-order valence-corrected chi connectivity index (χ0v) is 15.0. The first-order valence-corrected chi connectivity index (χ1v) is 10.3. The molecule has 0 aliphatic rings. The van der Waals surface area contributed by atoms with Crippen LogP contribution in [0.4, 0.5) is 0 Å². The van der Waals surface area contributed by atoms with Gasteiger partial charge in [-0.15, -0.1) is 0 Å². The minimum atomic E-state index is -4.55. The van der Waals surface area contributed by atoms with Gasteiger partial charge in [0.1, 0.15) is 11.5 Å². The first kappa shape index (κ1) is 19.8. The number of benzene rings is 2. The molecule has 1 atom stereocenters. The molecule has 0 aliphatic heterocycles. The second-order valence-corrected chi connectivity index (χ2v) is 9.36. The average Bonchev–Trinajstić information content (AvgIpc) is 2.44. The molecule has 2 rings (SSSR count). The van der Waals surface area contributed by atoms with Gasteiger partial charge in [0, 0.05) is 16.9 Å². The highest BCUT2D eigenvalue weighted by Crippen LogP contribution is 2.56. The van der Waals surface area contributed by atoms with E-state index in [4.69, 9.17) is 9.79 Å². The molecule has 136 valence electrons. The smallest absolute Gasteiger partial charge is 0.388 e. The Balaban J connectivity index is 2.34. The molecule has 0 fully saturated rings. The van der Waals surface area contributed by atoms with E-state index in [1.807, 2.05) is 0 Å². The number of hydrogen-bond acceptors (Lipinski definition) is 6. The number of aliphatic hydroxyl groups is 2. The van der Waals surface area contributed by atoms with Crippen molar-refractivity contribution < 1.29 is 34.8 Å². The Morgan fingerprint density at radius 3 is 2.32 bits per heavy atom. The highest BCUT2D eigenvalue weighted by Gasteiger charge is 2.33. The first-order valence-electron chi connectivity index (χ1n) is 7.30. The molecule has 0 aromatic heterocycles. The van der Waals surface area contributed by atoms with Gasteiger partial charge in [0.05, 0.1) is 0 Å². The molecule has 0 aliphatic carbocycles. The van der Waals surface area contributed by atoms with Gasteiger partial charge in [0.2, 0.25) is 0 Å². The fourth-order valence-electron chi connectivity index (χ4n) is 2.53. The van der Waals surface area contributed by atoms with Gasteiger partial charge < -0.3 is 30.2 Å². The quantitative estimate of drug-likeness (QED) is 0.329. The summed E-state index contributed by atoms with van der Waals surface area (Å²) in [6.45, 7) is -2.82. The van der Waals surface area contributed by atoms with Crippen LogP contribution in [-0.2, 0) is 10.4 Å². The standard InChI is InChI=1S/C16H19O7PS/c1-10(11-3-2-4-12(17)7-11)9-16(19,20)14-6-5-13(18)8-15(14)25-24(21,22)23/h2-8,10,17-20H,9H2,1H3,(H2,21,22,23). The highest BCUT2D eigenvalue weighted by molar-refractivity contribution is 8.54. The van der Waals surface area contributed by atoms with Gasteiger partial charge in [-0.25, -0.2) is 4.57 Å². The van der Waals surface area contributed by atoms with Crippen molar-refractivity contribution in [3.8, 4) is 11.5 Å². The van der Waals surface area contributed by atoms with Gasteiger partial charge in [-0.1, -0.05) is 19.1 Å². The second kappa shape index (κ2) is 7.37. The Morgan fingerprint density at radius 2 is 1.72 bits per heavy atom. The number of rotatable bonds is 6. The normalized spacial score (nSPS) is 13.6. The highest BCUT2D eigenvalue weighted by atomic mass is 32.7. The Kier molecular flexibility index (Phi) is 5.83. The van der Waals surface area contributed by atoms with Crippen molar-refractivity contribution in [3.05, 3.63) is 53.6 Å². The Labute approximate surface area is 148 Å². The van der Waals surface area contributed by atoms with Crippen LogP contribution in [-0.4, -0.2) is 30.2 Å². The van der Waals surface area contributed by atoms with Crippen molar-refractivity contribution in [1.29, 1.82) is 0 Å². The van der Waals surface area contributed by atoms with Crippen molar-refractivity contribution in [2.45, 2.75) is 29.9 Å². The van der Waals surface area contributed by atoms with E-state index in [-0.39, 0.29) is 45.7 Å². The fourth-order valence-corrected chi connectivity index (χ4v) is 4.51. The maximum absolute atomic E-state index is 11.3. The number of phenolic OH excluding ortho intramolecular Hbond substituents is 2. The number of hydrogen-bond donors (Lipinski definition) is 6. The van der Waals surface area contributed by atoms with E-state index in [1.165, 1.54) is 24.3 Å². The van der Waals surface area contributed by atoms with E-state index in [1.54, 1.807) is 19.1 Å². The molecular formula is C16H19O7PS. The van der Waals surface area contributed by atoms with Gasteiger partial charge in [-0.3, -0.25) is 0 Å². The lowest BCUT2D eigenvalue weighted by molar-refractivity contribution is -0.179. The summed E-state index contributed by atoms with van der Waals surface area (Å²) < 4.78 is 11.3. The van der Waals surface area contributed by atoms with E-state index in [9.17, 15) is 25.0 Å². The fraction of sp³-hybridized carbons (Fsp3) is 0.250. The lowest BCUT2D eigenvalue weighted by Crippen LogP contribution is -2.27. The van der Waals surface area contributed by atoms with Crippen LogP contribution >= 0.6 is 18.2 Å². The van der Waals surface area contributed by atoms with Crippen LogP contribution in [0.25, 0.3) is 0 Å². The van der Waals surface area contributed by atoms with Crippen LogP contribution < -0.4 is 0 Å². The minimum Gasteiger partial charge on any atom is -0.508 e. The van der Waals surface area contributed by atoms with Crippen LogP contribution in [0.1, 0.15) is 30.4 Å². The van der Waals surface area contributed by atoms with Crippen LogP contribution in [0.15, 0.2) is 47.4 Å². The van der Waals surface area contributed by atoms with E-state index >= 15 is 0 Å². The Hall–Kier alpha value is -1.54. The summed E-state index contributed by atoms with van der Waals surface area (Å²) in [5.74, 6) is -2.97. The molecular weight excluding hydrogens is 367 g/mol. The van der Waals surface area contributed by atoms with Crippen LogP contribution in [0.5, 0.6) is 11.5 Å². The van der Waals surface area contributed by atoms with Crippen LogP contribution in [0.3, 0.4) is 0 Å². The second-order valence-electron chi connectivity index (χ2n) is 5.78. The van der Waals surface area contributed by atoms with Crippen LogP contribution in [0.2, 0.25) is 0 Å². The number of phenols is 2. The molecule has 0 bridgehead atoms. The average molecular weight is 386 g/mol. The first-order chi connectivity index (χ1) is 11.5. The lowest BCUT2D eigenvalue weighted by Gasteiger charge is -2.28. The molecule has 6 N–H and O–H groups in total. The molecule has 0 heterocycles. The third-order valence-electron chi connectivity index (χ3n) is 3.64. The molecule has 0 saturated heterocycles. The van der Waals surface area contributed by atoms with E-state index in [0.29, 0.717) is 5.56 Å². The van der Waals surface area contributed by atoms with Crippen molar-refractivity contribution in [2.24, 2.45) is 0 Å². The predicted octanol–water partition coefficient (Wildman–Crippen LogP) is 2.61. The number of aromatic hydroxyl groups is 2. The van der Waals surface area contributed by atoms with Gasteiger partial charge in [-0.05, 0) is 53.2 Å². The van der Waals surface area contributed by atoms with Crippen molar-refractivity contribution in [2.75, 3.05) is 0 Å². The van der Waals surface area contributed by atoms with Crippen molar-refractivity contribution in [1.82, 2.24) is 0 Å². The van der Waals surface area contributed by atoms with Gasteiger partial charge in [0.25, 0.3) is 0 Å². The molecule has 0 saturated carbocycles. The molecule has 7 nitrogen and oxygen atoms in total. The third-order valence-corrected chi connectivity index (χ3v) is 5.72. The minimum absolute atomic E-state index is 0.0493. The van der Waals surface area contributed by atoms with E-state index in [0.717, 1.165) is 6.07 Å². The van der Waals surface area contributed by atoms with E-state index < -0.39 is 12.6 Å². The summed E-state index contributed by atoms with van der Waals surface area (Å²) >= 11 is 0.140. The topological polar surface area (TPSA) is 138 Å². The van der Waals surface area contributed by atoms with E-state index in [2.05, 4.69) is 0 Å². The molecule has 0 amide bonds. The molecule has 0 spiro atoms. The summed E-state index contributed by atoms with van der Waals surface area (Å²) in [7, 11) is 0. The SMILES string of the molecule is CC(CC(O)(O)c1ccc(O)cc1SP(=O)(O)O)c1cccc(O)c1.